The fourth-order valence-electron chi connectivity index (χ4n) is 18.1. The lowest BCUT2D eigenvalue weighted by molar-refractivity contribution is 0.608. The van der Waals surface area contributed by atoms with Gasteiger partial charge in [-0.05, 0) is 371 Å². The highest BCUT2D eigenvalue weighted by Crippen LogP contribution is 2.49. The van der Waals surface area contributed by atoms with Crippen LogP contribution >= 0.6 is 23.2 Å². The van der Waals surface area contributed by atoms with Gasteiger partial charge in [0.15, 0.2) is 0 Å². The molecule has 6 nitrogen and oxygen atoms in total. The minimum atomic E-state index is -0.262. The molecule has 20 aromatic carbocycles. The van der Waals surface area contributed by atoms with Crippen LogP contribution in [0.3, 0.4) is 0 Å². The molecule has 0 aliphatic carbocycles. The van der Waals surface area contributed by atoms with Gasteiger partial charge < -0.3 is 29.4 Å². The van der Waals surface area contributed by atoms with Gasteiger partial charge in [0.1, 0.15) is 11.6 Å². The predicted molar refractivity (Wildman–Crippen MR) is 505 cm³/mol. The Bertz CT molecular complexity index is 5970. The van der Waals surface area contributed by atoms with E-state index in [1.807, 2.05) is 97.1 Å². The Morgan fingerprint density at radius 3 is 0.500 bits per heavy atom. The van der Waals surface area contributed by atoms with Crippen molar-refractivity contribution in [2.75, 3.05) is 29.4 Å². The quantitative estimate of drug-likeness (QED) is 0.0792. The topological polar surface area (TPSA) is 19.4 Å². The Labute approximate surface area is 698 Å². The van der Waals surface area contributed by atoms with Gasteiger partial charge in [0, 0.05) is 114 Å². The average molecular weight is 1580 g/mol. The van der Waals surface area contributed by atoms with Gasteiger partial charge >= 0.3 is 0 Å². The van der Waals surface area contributed by atoms with Crippen LogP contribution in [0.5, 0.6) is 0 Å². The predicted octanol–water partition coefficient (Wildman–Crippen LogP) is 32.5. The van der Waals surface area contributed by atoms with Crippen molar-refractivity contribution < 1.29 is 8.78 Å². The van der Waals surface area contributed by atoms with Crippen LogP contribution in [0.15, 0.2) is 364 Å². The lowest BCUT2D eigenvalue weighted by atomic mass is 9.92. The Balaban J connectivity index is 0.000000125. The monoisotopic (exact) mass is 1580 g/mol. The standard InChI is InChI=1S/C40H26Cl2N2.C40H26F2N2.C28H36N2/c2*41-31-15-19-35(20-16-31)43(33-7-3-1-4-8-33)37-23-27-11-13-29-25-38(26-30-14-12-28(24-37)39(27)40(29)30)44(34-9-5-2-6-10-34)36-21-17-32(42)18-22-36;1-17(2)29(18(3)4)25-13-21-9-11-23-15-26(30(19(5)6)20(7)8)16-24-12-10-22(14-25)27(21)28(23)24/h2*1-26H;9-20H,1-8H3. The molecular formula is C108H88Cl2F2N6. The smallest absolute Gasteiger partial charge is 0.123 e. The summed E-state index contributed by atoms with van der Waals surface area (Å²) in [6.07, 6.45) is 0. The minimum absolute atomic E-state index is 0.262. The fourth-order valence-corrected chi connectivity index (χ4v) is 18.3. The first kappa shape index (κ1) is 76.1. The van der Waals surface area contributed by atoms with E-state index in [0.717, 1.165) is 99.8 Å². The largest absolute Gasteiger partial charge is 0.367 e. The second kappa shape index (κ2) is 32.1. The highest BCUT2D eigenvalue weighted by molar-refractivity contribution is 6.31. The third kappa shape index (κ3) is 14.7. The van der Waals surface area contributed by atoms with Crippen molar-refractivity contribution in [3.63, 3.8) is 0 Å². The number of anilines is 14. The molecule has 10 heteroatoms. The van der Waals surface area contributed by atoms with Crippen molar-refractivity contribution >= 4 is 200 Å². The van der Waals surface area contributed by atoms with E-state index in [-0.39, 0.29) is 11.6 Å². The molecule has 0 saturated carbocycles. The van der Waals surface area contributed by atoms with Gasteiger partial charge in [-0.25, -0.2) is 8.78 Å². The molecule has 0 unspecified atom stereocenters. The summed E-state index contributed by atoms with van der Waals surface area (Å²) in [4.78, 5) is 13.9. The van der Waals surface area contributed by atoms with E-state index in [4.69, 9.17) is 23.2 Å². The summed E-state index contributed by atoms with van der Waals surface area (Å²) in [6, 6.07) is 127. The third-order valence-electron chi connectivity index (χ3n) is 22.8. The normalized spacial score (nSPS) is 11.7. The molecule has 20 rings (SSSR count). The maximum atomic E-state index is 13.9. The molecule has 0 saturated heterocycles. The number of hydrogen-bond donors (Lipinski definition) is 0. The molecule has 0 atom stereocenters. The summed E-state index contributed by atoms with van der Waals surface area (Å²) in [5.74, 6) is -0.524. The van der Waals surface area contributed by atoms with Gasteiger partial charge in [-0.1, -0.05) is 169 Å². The summed E-state index contributed by atoms with van der Waals surface area (Å²) in [7, 11) is 0. The zero-order valence-corrected chi connectivity index (χ0v) is 68.7. The molecule has 0 aromatic heterocycles. The van der Waals surface area contributed by atoms with Gasteiger partial charge in [0.2, 0.25) is 0 Å². The second-order valence-electron chi connectivity index (χ2n) is 31.8. The van der Waals surface area contributed by atoms with E-state index < -0.39 is 0 Å². The summed E-state index contributed by atoms with van der Waals surface area (Å²) >= 11 is 12.5. The number of nitrogens with zero attached hydrogens (tertiary/aromatic N) is 6. The van der Waals surface area contributed by atoms with Crippen LogP contribution in [0.1, 0.15) is 55.4 Å². The molecule has 0 heterocycles. The van der Waals surface area contributed by atoms with Crippen molar-refractivity contribution in [3.8, 4) is 0 Å². The summed E-state index contributed by atoms with van der Waals surface area (Å²) < 4.78 is 27.8. The Hall–Kier alpha value is -13.2. The van der Waals surface area contributed by atoms with Crippen LogP contribution in [0.25, 0.3) is 97.0 Å². The maximum Gasteiger partial charge on any atom is 0.123 e. The molecule has 0 aliphatic heterocycles. The molecule has 118 heavy (non-hydrogen) atoms. The lowest BCUT2D eigenvalue weighted by Gasteiger charge is -2.34. The van der Waals surface area contributed by atoms with Gasteiger partial charge in [-0.15, -0.1) is 0 Å². The van der Waals surface area contributed by atoms with E-state index in [9.17, 15) is 8.78 Å². The summed E-state index contributed by atoms with van der Waals surface area (Å²) in [5.41, 5.74) is 14.9. The SMILES string of the molecule is CC(C)N(c1cc2ccc3cc(N(C(C)C)C(C)C)cc4ccc(c1)c2c34)C(C)C.Clc1ccc(N(c2ccccc2)c2cc3ccc4cc(N(c5ccccc5)c5ccc(Cl)cc5)cc5ccc(c2)c3c45)cc1.Fc1ccc(N(c2ccccc2)c2cc3ccc4cc(N(c5ccccc5)c5ccc(F)cc5)cc5ccc(c2)c3c45)cc1. The van der Waals surface area contributed by atoms with Crippen molar-refractivity contribution in [2.24, 2.45) is 0 Å². The van der Waals surface area contributed by atoms with Gasteiger partial charge in [-0.2, -0.15) is 0 Å². The van der Waals surface area contributed by atoms with E-state index in [2.05, 4.69) is 327 Å². The Kier molecular flexibility index (Phi) is 20.7. The number of hydrogen-bond acceptors (Lipinski definition) is 6. The Morgan fingerprint density at radius 2 is 0.331 bits per heavy atom. The first-order valence-corrected chi connectivity index (χ1v) is 41.4. The van der Waals surface area contributed by atoms with Crippen LogP contribution in [-0.2, 0) is 0 Å². The molecular weight excluding hydrogens is 1490 g/mol. The lowest BCUT2D eigenvalue weighted by Crippen LogP contribution is -2.37. The van der Waals surface area contributed by atoms with Crippen LogP contribution in [0, 0.1) is 11.6 Å². The zero-order valence-electron chi connectivity index (χ0n) is 67.1. The summed E-state index contributed by atoms with van der Waals surface area (Å²) in [5, 5.41) is 23.9. The second-order valence-corrected chi connectivity index (χ2v) is 32.6. The Morgan fingerprint density at radius 1 is 0.178 bits per heavy atom. The molecule has 0 radical (unpaired) electrons. The molecule has 0 N–H and O–H groups in total. The molecule has 0 fully saturated rings. The number of rotatable bonds is 18. The van der Waals surface area contributed by atoms with Crippen molar-refractivity contribution in [2.45, 2.75) is 79.6 Å². The first-order valence-electron chi connectivity index (χ1n) is 40.6. The van der Waals surface area contributed by atoms with Gasteiger partial charge in [0.05, 0.1) is 0 Å². The first-order chi connectivity index (χ1) is 57.4. The van der Waals surface area contributed by atoms with Crippen LogP contribution in [0.2, 0.25) is 10.0 Å². The van der Waals surface area contributed by atoms with E-state index in [1.54, 1.807) is 0 Å². The molecule has 578 valence electrons. The summed E-state index contributed by atoms with van der Waals surface area (Å²) in [6.45, 7) is 18.2. The molecule has 0 bridgehead atoms. The highest BCUT2D eigenvalue weighted by atomic mass is 35.5. The molecule has 0 amide bonds. The van der Waals surface area contributed by atoms with E-state index >= 15 is 0 Å². The van der Waals surface area contributed by atoms with E-state index in [1.165, 1.54) is 111 Å². The maximum absolute atomic E-state index is 13.9. The van der Waals surface area contributed by atoms with Gasteiger partial charge in [0.25, 0.3) is 0 Å². The fraction of sp³-hybridized carbons (Fsp3) is 0.111. The number of benzene rings is 20. The van der Waals surface area contributed by atoms with Crippen molar-refractivity contribution in [1.82, 2.24) is 0 Å². The van der Waals surface area contributed by atoms with Crippen LogP contribution in [0.4, 0.5) is 88.4 Å². The molecule has 20 aromatic rings. The third-order valence-corrected chi connectivity index (χ3v) is 23.3. The average Bonchev–Trinajstić information content (AvgIpc) is 0.723. The molecule has 0 spiro atoms. The number of halogens is 4. The molecule has 0 aliphatic rings. The van der Waals surface area contributed by atoms with E-state index in [0.29, 0.717) is 24.2 Å². The highest BCUT2D eigenvalue weighted by Gasteiger charge is 2.25. The zero-order chi connectivity index (χ0) is 81.0. The van der Waals surface area contributed by atoms with Gasteiger partial charge in [-0.3, -0.25) is 0 Å². The van der Waals surface area contributed by atoms with Crippen LogP contribution < -0.4 is 29.4 Å². The van der Waals surface area contributed by atoms with Crippen molar-refractivity contribution in [3.05, 3.63) is 386 Å². The minimum Gasteiger partial charge on any atom is -0.367 e. The van der Waals surface area contributed by atoms with Crippen molar-refractivity contribution in [1.29, 1.82) is 0 Å². The van der Waals surface area contributed by atoms with Crippen LogP contribution in [-0.4, -0.2) is 24.2 Å². The number of para-hydroxylation sites is 4.